The highest BCUT2D eigenvalue weighted by atomic mass is 16.7. The number of hydrogen-bond acceptors (Lipinski definition) is 10. The fraction of sp³-hybridized carbons (Fsp3) is 0.448. The number of aliphatic hydroxyl groups is 1. The number of methoxy groups -OCH3 is 1. The van der Waals surface area contributed by atoms with Crippen molar-refractivity contribution < 1.29 is 48.2 Å². The van der Waals surface area contributed by atoms with Crippen LogP contribution >= 0.6 is 0 Å². The highest BCUT2D eigenvalue weighted by Crippen LogP contribution is 2.38. The number of aliphatic carboxylic acids is 1. The topological polar surface area (TPSA) is 178 Å². The van der Waals surface area contributed by atoms with Crippen molar-refractivity contribution in [2.75, 3.05) is 7.11 Å². The number of carboxylic acids is 1. The summed E-state index contributed by atoms with van der Waals surface area (Å²) in [5.74, 6) is -5.33. The summed E-state index contributed by atoms with van der Waals surface area (Å²) in [4.78, 5) is 67.3. The summed E-state index contributed by atoms with van der Waals surface area (Å²) in [6.07, 6.45) is -2.79. The molecule has 0 radical (unpaired) electrons. The third-order valence-corrected chi connectivity index (χ3v) is 6.82. The van der Waals surface area contributed by atoms with E-state index < -0.39 is 73.1 Å². The van der Waals surface area contributed by atoms with E-state index in [4.69, 9.17) is 9.31 Å². The minimum Gasteiger partial charge on any atom is -0.507 e. The standard InChI is InChI=1S/C29H35BN2O10/c1-17(2)13-20(30-41-28(39)29(42-30,15-24(35)36)16-25(37)40-4)14-23(34)26(18(3)33)32-27(38)22-12-8-11-21(31-22)19-9-6-5-7-10-19/h5-12,17-18,20,26,33H,13-16H2,1-4H3,(H,32,38)(H,35,36)/t18-,20-,26+,29-/m1/s1. The van der Waals surface area contributed by atoms with E-state index in [-0.39, 0.29) is 18.0 Å². The molecule has 42 heavy (non-hydrogen) atoms. The summed E-state index contributed by atoms with van der Waals surface area (Å²) < 4.78 is 15.8. The van der Waals surface area contributed by atoms with Gasteiger partial charge in [-0.1, -0.05) is 50.2 Å². The largest absolute Gasteiger partial charge is 0.531 e. The molecule has 2 heterocycles. The molecule has 0 bridgehead atoms. The summed E-state index contributed by atoms with van der Waals surface area (Å²) in [6, 6.07) is 12.8. The van der Waals surface area contributed by atoms with Crippen LogP contribution in [0.5, 0.6) is 0 Å². The van der Waals surface area contributed by atoms with Crippen LogP contribution in [0, 0.1) is 5.92 Å². The van der Waals surface area contributed by atoms with Gasteiger partial charge in [0.25, 0.3) is 5.91 Å². The maximum atomic E-state index is 13.5. The van der Waals surface area contributed by atoms with Gasteiger partial charge in [-0.25, -0.2) is 4.98 Å². The zero-order valence-electron chi connectivity index (χ0n) is 23.9. The number of ketones is 1. The number of nitrogens with zero attached hydrogens (tertiary/aromatic N) is 1. The molecule has 0 unspecified atom stereocenters. The molecular weight excluding hydrogens is 547 g/mol. The smallest absolute Gasteiger partial charge is 0.507 e. The highest BCUT2D eigenvalue weighted by molar-refractivity contribution is 6.51. The van der Waals surface area contributed by atoms with Gasteiger partial charge < -0.3 is 29.6 Å². The van der Waals surface area contributed by atoms with E-state index in [2.05, 4.69) is 15.0 Å². The Bertz CT molecular complexity index is 1300. The second-order valence-electron chi connectivity index (χ2n) is 10.7. The van der Waals surface area contributed by atoms with Crippen LogP contribution in [0.3, 0.4) is 0 Å². The van der Waals surface area contributed by atoms with Crippen molar-refractivity contribution in [2.45, 2.75) is 70.0 Å². The zero-order valence-corrected chi connectivity index (χ0v) is 23.9. The summed E-state index contributed by atoms with van der Waals surface area (Å²) in [6.45, 7) is 5.09. The summed E-state index contributed by atoms with van der Waals surface area (Å²) in [5.41, 5.74) is -0.723. The van der Waals surface area contributed by atoms with E-state index in [0.717, 1.165) is 12.7 Å². The molecule has 1 fully saturated rings. The van der Waals surface area contributed by atoms with E-state index in [1.807, 2.05) is 44.2 Å². The molecule has 1 aromatic heterocycles. The van der Waals surface area contributed by atoms with Crippen LogP contribution in [-0.4, -0.2) is 76.8 Å². The Morgan fingerprint density at radius 1 is 1.05 bits per heavy atom. The number of amides is 1. The molecule has 0 aliphatic carbocycles. The number of rotatable bonds is 14. The van der Waals surface area contributed by atoms with Crippen molar-refractivity contribution in [1.82, 2.24) is 10.3 Å². The molecule has 3 rings (SSSR count). The number of aliphatic hydroxyl groups excluding tert-OH is 1. The molecular formula is C29H35BN2O10. The van der Waals surface area contributed by atoms with E-state index >= 15 is 0 Å². The summed E-state index contributed by atoms with van der Waals surface area (Å²) in [7, 11) is -0.255. The molecule has 1 amide bonds. The summed E-state index contributed by atoms with van der Waals surface area (Å²) in [5, 5.41) is 22.4. The molecule has 1 aromatic carbocycles. The van der Waals surface area contributed by atoms with Crippen molar-refractivity contribution in [1.29, 1.82) is 0 Å². The van der Waals surface area contributed by atoms with E-state index in [1.165, 1.54) is 13.0 Å². The maximum absolute atomic E-state index is 13.5. The third-order valence-electron chi connectivity index (χ3n) is 6.82. The molecule has 1 saturated heterocycles. The number of carboxylic acid groups (broad SMARTS) is 1. The lowest BCUT2D eigenvalue weighted by Crippen LogP contribution is -2.48. The molecule has 224 valence electrons. The quantitative estimate of drug-likeness (QED) is 0.220. The molecule has 12 nitrogen and oxygen atoms in total. The molecule has 3 N–H and O–H groups in total. The van der Waals surface area contributed by atoms with Crippen LogP contribution in [0.4, 0.5) is 0 Å². The number of Topliss-reactive ketones (excluding diaryl/α,β-unsaturated/α-hetero) is 1. The lowest BCUT2D eigenvalue weighted by molar-refractivity contribution is -0.159. The lowest BCUT2D eigenvalue weighted by atomic mass is 9.65. The minimum atomic E-state index is -2.12. The van der Waals surface area contributed by atoms with Crippen LogP contribution in [0.1, 0.15) is 56.9 Å². The number of carbonyl (C=O) groups is 5. The van der Waals surface area contributed by atoms with Crippen molar-refractivity contribution in [2.24, 2.45) is 5.92 Å². The average molecular weight is 582 g/mol. The van der Waals surface area contributed by atoms with Crippen LogP contribution in [0.15, 0.2) is 48.5 Å². The molecule has 1 aliphatic rings. The normalized spacial score (nSPS) is 18.6. The number of carbonyl (C=O) groups excluding carboxylic acids is 4. The van der Waals surface area contributed by atoms with Gasteiger partial charge in [0.1, 0.15) is 11.7 Å². The zero-order chi connectivity index (χ0) is 31.0. The Morgan fingerprint density at radius 2 is 1.74 bits per heavy atom. The van der Waals surface area contributed by atoms with Gasteiger partial charge in [-0.3, -0.25) is 24.0 Å². The summed E-state index contributed by atoms with van der Waals surface area (Å²) >= 11 is 0. The molecule has 1 aliphatic heterocycles. The Labute approximate surface area is 243 Å². The fourth-order valence-corrected chi connectivity index (χ4v) is 4.84. The fourth-order valence-electron chi connectivity index (χ4n) is 4.84. The van der Waals surface area contributed by atoms with Gasteiger partial charge in [0.05, 0.1) is 31.7 Å². The number of esters is 1. The first-order valence-electron chi connectivity index (χ1n) is 13.6. The van der Waals surface area contributed by atoms with Gasteiger partial charge in [-0.15, -0.1) is 0 Å². The molecule has 4 atom stereocenters. The number of ether oxygens (including phenoxy) is 1. The van der Waals surface area contributed by atoms with Gasteiger partial charge in [-0.2, -0.15) is 0 Å². The van der Waals surface area contributed by atoms with Gasteiger partial charge >= 0.3 is 25.0 Å². The van der Waals surface area contributed by atoms with Crippen LogP contribution in [-0.2, 0) is 33.2 Å². The predicted octanol–water partition coefficient (Wildman–Crippen LogP) is 2.44. The van der Waals surface area contributed by atoms with Gasteiger partial charge in [0.2, 0.25) is 0 Å². The van der Waals surface area contributed by atoms with Crippen molar-refractivity contribution in [3.05, 3.63) is 54.2 Å². The first kappa shape index (κ1) is 32.4. The monoisotopic (exact) mass is 582 g/mol. The molecule has 2 aromatic rings. The second-order valence-corrected chi connectivity index (χ2v) is 10.7. The van der Waals surface area contributed by atoms with Crippen molar-refractivity contribution in [3.63, 3.8) is 0 Å². The van der Waals surface area contributed by atoms with Crippen LogP contribution in [0.25, 0.3) is 11.3 Å². The lowest BCUT2D eigenvalue weighted by Gasteiger charge is -2.26. The van der Waals surface area contributed by atoms with Crippen LogP contribution in [0.2, 0.25) is 5.82 Å². The van der Waals surface area contributed by atoms with E-state index in [1.54, 1.807) is 12.1 Å². The Balaban J connectivity index is 1.80. The first-order chi connectivity index (χ1) is 19.8. The number of nitrogens with one attached hydrogen (secondary N) is 1. The number of pyridine rings is 1. The first-order valence-corrected chi connectivity index (χ1v) is 13.6. The highest BCUT2D eigenvalue weighted by Gasteiger charge is 2.58. The van der Waals surface area contributed by atoms with Crippen molar-refractivity contribution >= 4 is 36.7 Å². The third kappa shape index (κ3) is 8.23. The molecule has 0 spiro atoms. The SMILES string of the molecule is COC(=O)C[C@@]1(CC(=O)O)OB([C@@H](CC(=O)[C@@H](NC(=O)c2cccc(-c3ccccc3)n2)[C@@H](C)O)CC(C)C)OC1=O. The Kier molecular flexibility index (Phi) is 11.0. The Morgan fingerprint density at radius 3 is 2.33 bits per heavy atom. The average Bonchev–Trinajstić information content (AvgIpc) is 3.25. The van der Waals surface area contributed by atoms with Crippen molar-refractivity contribution in [3.8, 4) is 11.3 Å². The molecule has 0 saturated carbocycles. The molecule has 13 heteroatoms. The Hall–Kier alpha value is -4.10. The van der Waals surface area contributed by atoms with E-state index in [0.29, 0.717) is 12.1 Å². The van der Waals surface area contributed by atoms with Gasteiger partial charge in [0.15, 0.2) is 11.4 Å². The number of aromatic nitrogens is 1. The van der Waals surface area contributed by atoms with E-state index in [9.17, 15) is 34.2 Å². The number of hydrogen-bond donors (Lipinski definition) is 3. The predicted molar refractivity (Wildman–Crippen MR) is 150 cm³/mol. The van der Waals surface area contributed by atoms with Gasteiger partial charge in [0, 0.05) is 17.8 Å². The maximum Gasteiger partial charge on any atom is 0.531 e. The minimum absolute atomic E-state index is 0.00954. The second kappa shape index (κ2) is 14.2. The van der Waals surface area contributed by atoms with Crippen LogP contribution < -0.4 is 5.32 Å². The van der Waals surface area contributed by atoms with Gasteiger partial charge in [-0.05, 0) is 31.4 Å². The number of benzene rings is 1.